The number of thiazole rings is 1. The zero-order valence-electron chi connectivity index (χ0n) is 14.6. The number of nitrogens with one attached hydrogen (secondary N) is 1. The number of anilines is 1. The monoisotopic (exact) mass is 402 g/mol. The molecule has 0 saturated carbocycles. The number of aromatic nitrogens is 1. The number of benzene rings is 2. The van der Waals surface area contributed by atoms with Crippen LogP contribution in [0.1, 0.15) is 22.4 Å². The number of carbonyl (C=O) groups excluding carboxylic acids is 1. The first-order valence-electron chi connectivity index (χ1n) is 8.18. The molecule has 0 saturated heterocycles. The zero-order valence-corrected chi connectivity index (χ0v) is 17.0. The van der Waals surface area contributed by atoms with Crippen LogP contribution in [0, 0.1) is 13.8 Å². The van der Waals surface area contributed by atoms with Gasteiger partial charge in [-0.3, -0.25) is 4.79 Å². The Labute approximate surface area is 166 Å². The standard InChI is InChI=1S/C20H19ClN2OS2/c1-13-3-6-15(7-4-13)11-25-20-22-17(12-26-20)10-19(24)23-18-9-16(21)8-5-14(18)2/h3-9,12H,10-11H2,1-2H3,(H,23,24). The number of aryl methyl sites for hydroxylation is 2. The molecule has 1 amide bonds. The summed E-state index contributed by atoms with van der Waals surface area (Å²) in [5, 5.41) is 5.46. The second-order valence-electron chi connectivity index (χ2n) is 6.06. The molecule has 26 heavy (non-hydrogen) atoms. The van der Waals surface area contributed by atoms with Gasteiger partial charge in [-0.05, 0) is 37.1 Å². The predicted octanol–water partition coefficient (Wildman–Crippen LogP) is 5.89. The van der Waals surface area contributed by atoms with E-state index in [0.29, 0.717) is 5.02 Å². The molecule has 1 aromatic heterocycles. The quantitative estimate of drug-likeness (QED) is 0.523. The summed E-state index contributed by atoms with van der Waals surface area (Å²) < 4.78 is 0.979. The number of nitrogens with zero attached hydrogens (tertiary/aromatic N) is 1. The molecule has 3 nitrogen and oxygen atoms in total. The third-order valence-electron chi connectivity index (χ3n) is 3.83. The van der Waals surface area contributed by atoms with E-state index in [9.17, 15) is 4.79 Å². The molecule has 0 spiro atoms. The second kappa shape index (κ2) is 8.71. The van der Waals surface area contributed by atoms with Gasteiger partial charge in [0.25, 0.3) is 0 Å². The number of amides is 1. The summed E-state index contributed by atoms with van der Waals surface area (Å²) in [6, 6.07) is 14.0. The van der Waals surface area contributed by atoms with Gasteiger partial charge in [0.2, 0.25) is 5.91 Å². The van der Waals surface area contributed by atoms with Crippen LogP contribution in [0.2, 0.25) is 5.02 Å². The second-order valence-corrected chi connectivity index (χ2v) is 8.58. The fourth-order valence-corrected chi connectivity index (χ4v) is 4.33. The minimum atomic E-state index is -0.0873. The number of hydrogen-bond donors (Lipinski definition) is 1. The van der Waals surface area contributed by atoms with Crippen molar-refractivity contribution in [2.45, 2.75) is 30.4 Å². The lowest BCUT2D eigenvalue weighted by Crippen LogP contribution is -2.15. The van der Waals surface area contributed by atoms with Crippen molar-refractivity contribution in [2.24, 2.45) is 0 Å². The van der Waals surface area contributed by atoms with Gasteiger partial charge in [-0.2, -0.15) is 0 Å². The Kier molecular flexibility index (Phi) is 6.35. The summed E-state index contributed by atoms with van der Waals surface area (Å²) in [6.07, 6.45) is 0.257. The molecule has 0 atom stereocenters. The molecule has 0 bridgehead atoms. The van der Waals surface area contributed by atoms with E-state index in [1.807, 2.05) is 24.4 Å². The third kappa shape index (κ3) is 5.34. The average Bonchev–Trinajstić information content (AvgIpc) is 3.05. The number of hydrogen-bond acceptors (Lipinski definition) is 4. The molecule has 0 fully saturated rings. The van der Waals surface area contributed by atoms with Crippen molar-refractivity contribution in [2.75, 3.05) is 5.32 Å². The summed E-state index contributed by atoms with van der Waals surface area (Å²) in [6.45, 7) is 4.02. The van der Waals surface area contributed by atoms with Crippen molar-refractivity contribution in [1.29, 1.82) is 0 Å². The largest absolute Gasteiger partial charge is 0.325 e. The van der Waals surface area contributed by atoms with Crippen LogP contribution < -0.4 is 5.32 Å². The van der Waals surface area contributed by atoms with Crippen LogP contribution in [0.4, 0.5) is 5.69 Å². The van der Waals surface area contributed by atoms with Gasteiger partial charge in [0, 0.05) is 21.8 Å². The lowest BCUT2D eigenvalue weighted by molar-refractivity contribution is -0.115. The van der Waals surface area contributed by atoms with Crippen LogP contribution in [-0.4, -0.2) is 10.9 Å². The minimum Gasteiger partial charge on any atom is -0.325 e. The molecule has 134 valence electrons. The Bertz CT molecular complexity index is 906. The zero-order chi connectivity index (χ0) is 18.5. The summed E-state index contributed by atoms with van der Waals surface area (Å²) >= 11 is 9.26. The van der Waals surface area contributed by atoms with Gasteiger partial charge in [0.15, 0.2) is 0 Å². The van der Waals surface area contributed by atoms with E-state index >= 15 is 0 Å². The maximum Gasteiger partial charge on any atom is 0.230 e. The van der Waals surface area contributed by atoms with Gasteiger partial charge in [0.05, 0.1) is 12.1 Å². The maximum atomic E-state index is 12.3. The van der Waals surface area contributed by atoms with Crippen molar-refractivity contribution in [3.63, 3.8) is 0 Å². The van der Waals surface area contributed by atoms with Crippen LogP contribution in [0.15, 0.2) is 52.2 Å². The predicted molar refractivity (Wildman–Crippen MR) is 111 cm³/mol. The van der Waals surface area contributed by atoms with Crippen molar-refractivity contribution in [3.05, 3.63) is 75.3 Å². The Morgan fingerprint density at radius 1 is 1.19 bits per heavy atom. The first kappa shape index (κ1) is 19.0. The summed E-state index contributed by atoms with van der Waals surface area (Å²) in [7, 11) is 0. The summed E-state index contributed by atoms with van der Waals surface area (Å²) in [5.74, 6) is 0.789. The van der Waals surface area contributed by atoms with E-state index in [4.69, 9.17) is 11.6 Å². The van der Waals surface area contributed by atoms with E-state index in [0.717, 1.165) is 27.0 Å². The van der Waals surface area contributed by atoms with Crippen LogP contribution in [0.25, 0.3) is 0 Å². The normalized spacial score (nSPS) is 10.7. The minimum absolute atomic E-state index is 0.0873. The number of rotatable bonds is 6. The highest BCUT2D eigenvalue weighted by molar-refractivity contribution is 8.00. The molecule has 1 N–H and O–H groups in total. The Morgan fingerprint density at radius 3 is 2.73 bits per heavy atom. The average molecular weight is 403 g/mol. The fraction of sp³-hybridized carbons (Fsp3) is 0.200. The molecular weight excluding hydrogens is 384 g/mol. The number of carbonyl (C=O) groups is 1. The topological polar surface area (TPSA) is 42.0 Å². The van der Waals surface area contributed by atoms with Crippen LogP contribution in [-0.2, 0) is 17.0 Å². The van der Waals surface area contributed by atoms with E-state index in [1.165, 1.54) is 11.1 Å². The van der Waals surface area contributed by atoms with Crippen molar-refractivity contribution < 1.29 is 4.79 Å². The Morgan fingerprint density at radius 2 is 1.96 bits per heavy atom. The third-order valence-corrected chi connectivity index (χ3v) is 6.21. The lowest BCUT2D eigenvalue weighted by atomic mass is 10.2. The van der Waals surface area contributed by atoms with Gasteiger partial charge in [-0.1, -0.05) is 59.3 Å². The van der Waals surface area contributed by atoms with Gasteiger partial charge in [0.1, 0.15) is 4.34 Å². The van der Waals surface area contributed by atoms with Crippen molar-refractivity contribution >= 4 is 46.3 Å². The number of thioether (sulfide) groups is 1. The Hall–Kier alpha value is -1.82. The van der Waals surface area contributed by atoms with E-state index in [2.05, 4.69) is 41.5 Å². The number of halogens is 1. The van der Waals surface area contributed by atoms with Crippen LogP contribution in [0.5, 0.6) is 0 Å². The molecule has 0 radical (unpaired) electrons. The highest BCUT2D eigenvalue weighted by atomic mass is 35.5. The molecule has 0 aliphatic carbocycles. The van der Waals surface area contributed by atoms with Gasteiger partial charge in [-0.25, -0.2) is 4.98 Å². The first-order chi connectivity index (χ1) is 12.5. The van der Waals surface area contributed by atoms with Gasteiger partial charge >= 0.3 is 0 Å². The molecule has 3 aromatic rings. The SMILES string of the molecule is Cc1ccc(CSc2nc(CC(=O)Nc3cc(Cl)ccc3C)cs2)cc1. The van der Waals surface area contributed by atoms with Gasteiger partial charge in [-0.15, -0.1) is 11.3 Å². The molecule has 1 heterocycles. The lowest BCUT2D eigenvalue weighted by Gasteiger charge is -2.08. The van der Waals surface area contributed by atoms with Crippen LogP contribution >= 0.6 is 34.7 Å². The van der Waals surface area contributed by atoms with Crippen molar-refractivity contribution in [3.8, 4) is 0 Å². The molecule has 0 aliphatic rings. The van der Waals surface area contributed by atoms with E-state index in [1.54, 1.807) is 29.2 Å². The van der Waals surface area contributed by atoms with Gasteiger partial charge < -0.3 is 5.32 Å². The molecule has 2 aromatic carbocycles. The van der Waals surface area contributed by atoms with E-state index in [-0.39, 0.29) is 12.3 Å². The smallest absolute Gasteiger partial charge is 0.230 e. The highest BCUT2D eigenvalue weighted by Crippen LogP contribution is 2.27. The fourth-order valence-electron chi connectivity index (χ4n) is 2.35. The Balaban J connectivity index is 1.55. The summed E-state index contributed by atoms with van der Waals surface area (Å²) in [5.41, 5.74) is 5.04. The van der Waals surface area contributed by atoms with Crippen molar-refractivity contribution in [1.82, 2.24) is 4.98 Å². The molecule has 0 aliphatic heterocycles. The summed E-state index contributed by atoms with van der Waals surface area (Å²) in [4.78, 5) is 16.8. The van der Waals surface area contributed by atoms with E-state index < -0.39 is 0 Å². The molecular formula is C20H19ClN2OS2. The molecule has 3 rings (SSSR count). The first-order valence-corrected chi connectivity index (χ1v) is 10.4. The maximum absolute atomic E-state index is 12.3. The van der Waals surface area contributed by atoms with Crippen LogP contribution in [0.3, 0.4) is 0 Å². The highest BCUT2D eigenvalue weighted by Gasteiger charge is 2.10. The molecule has 0 unspecified atom stereocenters. The molecule has 6 heteroatoms.